The molecule has 0 heterocycles. The molecule has 0 aliphatic heterocycles. The van der Waals surface area contributed by atoms with Crippen molar-refractivity contribution in [2.75, 3.05) is 78.9 Å². The fourth-order valence-corrected chi connectivity index (χ4v) is 1.71. The van der Waals surface area contributed by atoms with Crippen LogP contribution in [0.25, 0.3) is 0 Å². The number of carbonyl (C=O) groups excluding carboxylic acids is 1. The van der Waals surface area contributed by atoms with E-state index in [0.29, 0.717) is 52.9 Å². The summed E-state index contributed by atoms with van der Waals surface area (Å²) in [6.07, 6.45) is 0.990. The van der Waals surface area contributed by atoms with Crippen molar-refractivity contribution in [3.63, 3.8) is 0 Å². The van der Waals surface area contributed by atoms with Crippen molar-refractivity contribution in [3.05, 3.63) is 0 Å². The highest BCUT2D eigenvalue weighted by Gasteiger charge is 2.00. The van der Waals surface area contributed by atoms with Crippen LogP contribution in [0, 0.1) is 0 Å². The molecule has 0 aliphatic rings. The minimum Gasteiger partial charge on any atom is -0.377 e. The van der Waals surface area contributed by atoms with E-state index < -0.39 is 10.1 Å². The third kappa shape index (κ3) is 21.4. The van der Waals surface area contributed by atoms with Gasteiger partial charge in [-0.25, -0.2) is 0 Å². The SMILES string of the molecule is CC(=O)COCCOCCOCCOCCOCCOS(C)(=O)=O. The van der Waals surface area contributed by atoms with Crippen LogP contribution >= 0.6 is 0 Å². The molecule has 144 valence electrons. The normalized spacial score (nSPS) is 11.8. The van der Waals surface area contributed by atoms with Gasteiger partial charge in [-0.1, -0.05) is 0 Å². The van der Waals surface area contributed by atoms with Crippen LogP contribution in [0.2, 0.25) is 0 Å². The van der Waals surface area contributed by atoms with Gasteiger partial charge in [-0.05, 0) is 6.92 Å². The van der Waals surface area contributed by atoms with Crippen LogP contribution in [0.4, 0.5) is 0 Å². The third-order valence-electron chi connectivity index (χ3n) is 2.32. The zero-order chi connectivity index (χ0) is 18.1. The van der Waals surface area contributed by atoms with E-state index >= 15 is 0 Å². The molecule has 0 rings (SSSR count). The monoisotopic (exact) mass is 372 g/mol. The first kappa shape index (κ1) is 23.4. The number of hydrogen-bond acceptors (Lipinski definition) is 9. The molecule has 0 amide bonds. The molecule has 0 aromatic rings. The number of carbonyl (C=O) groups is 1. The molecule has 0 saturated carbocycles. The van der Waals surface area contributed by atoms with Gasteiger partial charge in [-0.3, -0.25) is 8.98 Å². The molecule has 0 bridgehead atoms. The fraction of sp³-hybridized carbons (Fsp3) is 0.929. The highest BCUT2D eigenvalue weighted by Crippen LogP contribution is 1.87. The average molecular weight is 372 g/mol. The summed E-state index contributed by atoms with van der Waals surface area (Å²) in [5, 5.41) is 0. The van der Waals surface area contributed by atoms with Crippen molar-refractivity contribution in [1.82, 2.24) is 0 Å². The number of hydrogen-bond donors (Lipinski definition) is 0. The Kier molecular flexibility index (Phi) is 15.5. The smallest absolute Gasteiger partial charge is 0.264 e. The maximum Gasteiger partial charge on any atom is 0.264 e. The van der Waals surface area contributed by atoms with Gasteiger partial charge in [0, 0.05) is 0 Å². The third-order valence-corrected chi connectivity index (χ3v) is 2.91. The first-order chi connectivity index (χ1) is 11.4. The first-order valence-corrected chi connectivity index (χ1v) is 9.46. The molecule has 0 aromatic heterocycles. The molecule has 0 aliphatic carbocycles. The summed E-state index contributed by atoms with van der Waals surface area (Å²) in [5.41, 5.74) is 0. The predicted molar refractivity (Wildman–Crippen MR) is 85.6 cm³/mol. The Hall–Kier alpha value is -0.620. The quantitative estimate of drug-likeness (QED) is 0.235. The molecule has 0 unspecified atom stereocenters. The van der Waals surface area contributed by atoms with Crippen LogP contribution in [0.15, 0.2) is 0 Å². The predicted octanol–water partition coefficient (Wildman–Crippen LogP) is -0.365. The van der Waals surface area contributed by atoms with Crippen molar-refractivity contribution in [2.24, 2.45) is 0 Å². The molecule has 0 spiro atoms. The van der Waals surface area contributed by atoms with Gasteiger partial charge in [-0.15, -0.1) is 0 Å². The van der Waals surface area contributed by atoms with Gasteiger partial charge in [0.05, 0.1) is 72.3 Å². The molecule has 0 fully saturated rings. The Morgan fingerprint density at radius 2 is 1.00 bits per heavy atom. The minimum absolute atomic E-state index is 0.00172. The summed E-state index contributed by atoms with van der Waals surface area (Å²) in [6.45, 7) is 5.13. The van der Waals surface area contributed by atoms with Crippen molar-refractivity contribution in [2.45, 2.75) is 6.92 Å². The Balaban J connectivity index is 3.06. The van der Waals surface area contributed by atoms with E-state index in [1.807, 2.05) is 0 Å². The zero-order valence-electron chi connectivity index (χ0n) is 14.4. The molecule has 0 aromatic carbocycles. The van der Waals surface area contributed by atoms with E-state index in [4.69, 9.17) is 23.7 Å². The summed E-state index contributed by atoms with van der Waals surface area (Å²) in [6, 6.07) is 0. The molecule has 0 atom stereocenters. The maximum atomic E-state index is 10.7. The molecule has 10 heteroatoms. The lowest BCUT2D eigenvalue weighted by Gasteiger charge is -2.07. The highest BCUT2D eigenvalue weighted by molar-refractivity contribution is 7.85. The van der Waals surface area contributed by atoms with Crippen molar-refractivity contribution < 1.29 is 41.1 Å². The molecule has 0 radical (unpaired) electrons. The number of Topliss-reactive ketones (excluding diaryl/α,β-unsaturated/α-hetero) is 1. The second kappa shape index (κ2) is 15.9. The summed E-state index contributed by atoms with van der Waals surface area (Å²) in [4.78, 5) is 10.6. The lowest BCUT2D eigenvalue weighted by atomic mass is 10.5. The number of ketones is 1. The summed E-state index contributed by atoms with van der Waals surface area (Å²) < 4.78 is 51.8. The first-order valence-electron chi connectivity index (χ1n) is 7.64. The van der Waals surface area contributed by atoms with Gasteiger partial charge in [0.1, 0.15) is 6.61 Å². The second-order valence-corrected chi connectivity index (χ2v) is 6.37. The van der Waals surface area contributed by atoms with Crippen LogP contribution in [0.1, 0.15) is 6.92 Å². The Bertz CT molecular complexity index is 397. The van der Waals surface area contributed by atoms with Crippen molar-refractivity contribution >= 4 is 15.9 Å². The molecule has 9 nitrogen and oxygen atoms in total. The molecular weight excluding hydrogens is 344 g/mol. The van der Waals surface area contributed by atoms with Gasteiger partial charge in [0.2, 0.25) is 0 Å². The molecule has 0 saturated heterocycles. The van der Waals surface area contributed by atoms with Gasteiger partial charge in [0.25, 0.3) is 10.1 Å². The van der Waals surface area contributed by atoms with Crippen LogP contribution in [-0.4, -0.2) is 93.1 Å². The summed E-state index contributed by atoms with van der Waals surface area (Å²) in [5.74, 6) is -0.00836. The number of ether oxygens (including phenoxy) is 5. The molecule has 24 heavy (non-hydrogen) atoms. The fourth-order valence-electron chi connectivity index (χ4n) is 1.34. The van der Waals surface area contributed by atoms with Crippen LogP contribution in [0.5, 0.6) is 0 Å². The van der Waals surface area contributed by atoms with E-state index in [9.17, 15) is 13.2 Å². The largest absolute Gasteiger partial charge is 0.377 e. The summed E-state index contributed by atoms with van der Waals surface area (Å²) >= 11 is 0. The zero-order valence-corrected chi connectivity index (χ0v) is 15.2. The van der Waals surface area contributed by atoms with E-state index in [0.717, 1.165) is 6.26 Å². The van der Waals surface area contributed by atoms with Crippen LogP contribution in [-0.2, 0) is 42.8 Å². The van der Waals surface area contributed by atoms with Gasteiger partial charge < -0.3 is 23.7 Å². The molecule has 0 N–H and O–H groups in total. The summed E-state index contributed by atoms with van der Waals surface area (Å²) in [7, 11) is -3.41. The van der Waals surface area contributed by atoms with Crippen molar-refractivity contribution in [3.8, 4) is 0 Å². The van der Waals surface area contributed by atoms with E-state index in [1.54, 1.807) is 0 Å². The lowest BCUT2D eigenvalue weighted by molar-refractivity contribution is -0.122. The van der Waals surface area contributed by atoms with Crippen molar-refractivity contribution in [1.29, 1.82) is 0 Å². The van der Waals surface area contributed by atoms with Gasteiger partial charge in [-0.2, -0.15) is 8.42 Å². The average Bonchev–Trinajstić information content (AvgIpc) is 2.49. The maximum absolute atomic E-state index is 10.7. The lowest BCUT2D eigenvalue weighted by Crippen LogP contribution is -2.15. The Morgan fingerprint density at radius 1 is 0.667 bits per heavy atom. The molecular formula is C14H28O9S. The Morgan fingerprint density at radius 3 is 1.33 bits per heavy atom. The van der Waals surface area contributed by atoms with Gasteiger partial charge in [0.15, 0.2) is 5.78 Å². The highest BCUT2D eigenvalue weighted by atomic mass is 32.2. The van der Waals surface area contributed by atoms with E-state index in [1.165, 1.54) is 6.92 Å². The van der Waals surface area contributed by atoms with Crippen LogP contribution in [0.3, 0.4) is 0 Å². The second-order valence-electron chi connectivity index (χ2n) is 4.73. The number of rotatable bonds is 18. The van der Waals surface area contributed by atoms with Gasteiger partial charge >= 0.3 is 0 Å². The minimum atomic E-state index is -3.41. The Labute approximate surface area is 143 Å². The van der Waals surface area contributed by atoms with E-state index in [-0.39, 0.29) is 25.6 Å². The van der Waals surface area contributed by atoms with Crippen LogP contribution < -0.4 is 0 Å². The van der Waals surface area contributed by atoms with E-state index in [2.05, 4.69) is 4.18 Å². The topological polar surface area (TPSA) is 107 Å². The standard InChI is InChI=1S/C14H28O9S/c1-14(15)13-22-10-9-20-6-5-18-3-4-19-7-8-21-11-12-23-24(2,16)17/h3-13H2,1-2H3.